The van der Waals surface area contributed by atoms with Gasteiger partial charge in [0.1, 0.15) is 18.3 Å². The van der Waals surface area contributed by atoms with Gasteiger partial charge in [0.25, 0.3) is 10.0 Å². The van der Waals surface area contributed by atoms with Crippen molar-refractivity contribution in [3.05, 3.63) is 88.9 Å². The van der Waals surface area contributed by atoms with Gasteiger partial charge in [-0.2, -0.15) is 0 Å². The van der Waals surface area contributed by atoms with Crippen LogP contribution in [0.5, 0.6) is 5.75 Å². The van der Waals surface area contributed by atoms with Crippen LogP contribution in [0.15, 0.2) is 88.2 Å². The second-order valence-corrected chi connectivity index (χ2v) is 11.0. The van der Waals surface area contributed by atoms with Crippen LogP contribution in [0.3, 0.4) is 0 Å². The van der Waals surface area contributed by atoms with Crippen LogP contribution in [-0.4, -0.2) is 51.4 Å². The number of nitrogens with zero attached hydrogens (tertiary/aromatic N) is 2. The molecule has 8 nitrogen and oxygen atoms in total. The molecular formula is C27H30BrN3O5S. The minimum atomic E-state index is -4.12. The van der Waals surface area contributed by atoms with Crippen molar-refractivity contribution < 1.29 is 22.7 Å². The topological polar surface area (TPSA) is 96.0 Å². The normalized spacial score (nSPS) is 11.9. The molecule has 1 N–H and O–H groups in total. The average molecular weight is 589 g/mol. The number of sulfonamides is 1. The predicted octanol–water partition coefficient (Wildman–Crippen LogP) is 4.21. The van der Waals surface area contributed by atoms with E-state index in [-0.39, 0.29) is 17.3 Å². The molecule has 0 heterocycles. The Bertz CT molecular complexity index is 1300. The van der Waals surface area contributed by atoms with Crippen molar-refractivity contribution in [3.8, 4) is 5.75 Å². The number of ether oxygens (including phenoxy) is 1. The van der Waals surface area contributed by atoms with Gasteiger partial charge in [-0.25, -0.2) is 8.42 Å². The van der Waals surface area contributed by atoms with E-state index >= 15 is 0 Å². The molecule has 0 radical (unpaired) electrons. The first kappa shape index (κ1) is 28.2. The first-order valence-corrected chi connectivity index (χ1v) is 14.0. The van der Waals surface area contributed by atoms with E-state index in [2.05, 4.69) is 21.2 Å². The number of nitrogens with one attached hydrogen (secondary N) is 1. The highest BCUT2D eigenvalue weighted by molar-refractivity contribution is 9.10. The summed E-state index contributed by atoms with van der Waals surface area (Å²) in [7, 11) is -2.63. The zero-order valence-electron chi connectivity index (χ0n) is 20.9. The molecule has 3 aromatic carbocycles. The Morgan fingerprint density at radius 1 is 0.973 bits per heavy atom. The second-order valence-electron chi connectivity index (χ2n) is 8.19. The quantitative estimate of drug-likeness (QED) is 0.362. The summed E-state index contributed by atoms with van der Waals surface area (Å²) in [5.74, 6) is -0.327. The van der Waals surface area contributed by atoms with Gasteiger partial charge in [0.2, 0.25) is 11.8 Å². The Kier molecular flexibility index (Phi) is 9.71. The molecule has 0 aliphatic carbocycles. The van der Waals surface area contributed by atoms with Gasteiger partial charge in [-0.3, -0.25) is 13.9 Å². The third-order valence-electron chi connectivity index (χ3n) is 5.73. The molecule has 2 amide bonds. The largest absolute Gasteiger partial charge is 0.494 e. The highest BCUT2D eigenvalue weighted by Gasteiger charge is 2.32. The number of carbonyl (C=O) groups is 2. The summed E-state index contributed by atoms with van der Waals surface area (Å²) in [4.78, 5) is 27.6. The van der Waals surface area contributed by atoms with Crippen LogP contribution < -0.4 is 14.4 Å². The number of hydrogen-bond donors (Lipinski definition) is 1. The predicted molar refractivity (Wildman–Crippen MR) is 147 cm³/mol. The summed E-state index contributed by atoms with van der Waals surface area (Å²) in [6, 6.07) is 21.0. The van der Waals surface area contributed by atoms with Crippen LogP contribution in [0.4, 0.5) is 5.69 Å². The molecule has 0 saturated heterocycles. The second kappa shape index (κ2) is 12.7. The third-order valence-corrected chi connectivity index (χ3v) is 8.04. The van der Waals surface area contributed by atoms with Gasteiger partial charge in [-0.15, -0.1) is 0 Å². The number of likely N-dealkylation sites (N-methyl/N-ethyl adjacent to an activating group) is 1. The van der Waals surface area contributed by atoms with E-state index in [0.29, 0.717) is 18.0 Å². The maximum Gasteiger partial charge on any atom is 0.264 e. The Labute approximate surface area is 226 Å². The van der Waals surface area contributed by atoms with Crippen LogP contribution in [0.25, 0.3) is 0 Å². The molecule has 0 aromatic heterocycles. The molecular weight excluding hydrogens is 558 g/mol. The molecule has 0 aliphatic heterocycles. The Morgan fingerprint density at radius 3 is 2.16 bits per heavy atom. The van der Waals surface area contributed by atoms with Gasteiger partial charge < -0.3 is 15.0 Å². The molecule has 3 rings (SSSR count). The maximum absolute atomic E-state index is 13.7. The number of rotatable bonds is 11. The SMILES string of the molecule is CCOc1ccc(S(=O)(=O)N(CC(=O)N(Cc2ccc(Br)cc2)[C@H](C)C(=O)NC)c2ccccc2)cc1. The van der Waals surface area contributed by atoms with Crippen molar-refractivity contribution in [2.75, 3.05) is 24.5 Å². The summed E-state index contributed by atoms with van der Waals surface area (Å²) in [5.41, 5.74) is 1.13. The van der Waals surface area contributed by atoms with Gasteiger partial charge in [-0.05, 0) is 67.9 Å². The number of amides is 2. The number of carbonyl (C=O) groups excluding carboxylic acids is 2. The lowest BCUT2D eigenvalue weighted by molar-refractivity contribution is -0.139. The molecule has 10 heteroatoms. The van der Waals surface area contributed by atoms with E-state index in [4.69, 9.17) is 4.74 Å². The van der Waals surface area contributed by atoms with E-state index in [1.54, 1.807) is 49.4 Å². The molecule has 196 valence electrons. The zero-order valence-corrected chi connectivity index (χ0v) is 23.3. The number of halogens is 1. The van der Waals surface area contributed by atoms with Gasteiger partial charge >= 0.3 is 0 Å². The van der Waals surface area contributed by atoms with E-state index in [9.17, 15) is 18.0 Å². The van der Waals surface area contributed by atoms with Crippen molar-refractivity contribution in [1.29, 1.82) is 0 Å². The highest BCUT2D eigenvalue weighted by atomic mass is 79.9. The van der Waals surface area contributed by atoms with E-state index in [0.717, 1.165) is 14.3 Å². The fourth-order valence-electron chi connectivity index (χ4n) is 3.70. The van der Waals surface area contributed by atoms with Crippen LogP contribution in [0.2, 0.25) is 0 Å². The number of para-hydroxylation sites is 1. The lowest BCUT2D eigenvalue weighted by Crippen LogP contribution is -2.50. The summed E-state index contributed by atoms with van der Waals surface area (Å²) in [5, 5.41) is 2.57. The van der Waals surface area contributed by atoms with E-state index < -0.39 is 28.5 Å². The molecule has 1 atom stereocenters. The van der Waals surface area contributed by atoms with Gasteiger partial charge in [0, 0.05) is 18.1 Å². The molecule has 0 aliphatic rings. The number of benzene rings is 3. The maximum atomic E-state index is 13.7. The number of anilines is 1. The molecule has 0 bridgehead atoms. The van der Waals surface area contributed by atoms with Crippen LogP contribution in [0.1, 0.15) is 19.4 Å². The molecule has 37 heavy (non-hydrogen) atoms. The van der Waals surface area contributed by atoms with Crippen LogP contribution >= 0.6 is 15.9 Å². The van der Waals surface area contributed by atoms with Gasteiger partial charge in [-0.1, -0.05) is 46.3 Å². The minimum Gasteiger partial charge on any atom is -0.494 e. The molecule has 0 fully saturated rings. The van der Waals surface area contributed by atoms with Crippen molar-refractivity contribution in [1.82, 2.24) is 10.2 Å². The fraction of sp³-hybridized carbons (Fsp3) is 0.259. The fourth-order valence-corrected chi connectivity index (χ4v) is 5.38. The first-order chi connectivity index (χ1) is 17.7. The Morgan fingerprint density at radius 2 is 1.59 bits per heavy atom. The number of hydrogen-bond acceptors (Lipinski definition) is 5. The van der Waals surface area contributed by atoms with Crippen LogP contribution in [0, 0.1) is 0 Å². The van der Waals surface area contributed by atoms with Gasteiger partial charge in [0.15, 0.2) is 0 Å². The lowest BCUT2D eigenvalue weighted by Gasteiger charge is -2.31. The van der Waals surface area contributed by atoms with E-state index in [1.807, 2.05) is 31.2 Å². The summed E-state index contributed by atoms with van der Waals surface area (Å²) in [6.45, 7) is 3.55. The zero-order chi connectivity index (χ0) is 27.0. The smallest absolute Gasteiger partial charge is 0.264 e. The standard InChI is InChI=1S/C27H30BrN3O5S/c1-4-36-24-14-16-25(17-15-24)37(34,35)31(23-8-6-5-7-9-23)19-26(32)30(20(2)27(33)29-3)18-21-10-12-22(28)13-11-21/h5-17,20H,4,18-19H2,1-3H3,(H,29,33)/t20-/m1/s1. The summed E-state index contributed by atoms with van der Waals surface area (Å²) >= 11 is 3.39. The van der Waals surface area contributed by atoms with Gasteiger partial charge in [0.05, 0.1) is 17.2 Å². The lowest BCUT2D eigenvalue weighted by atomic mass is 10.1. The monoisotopic (exact) mass is 587 g/mol. The van der Waals surface area contributed by atoms with E-state index in [1.165, 1.54) is 24.1 Å². The molecule has 0 saturated carbocycles. The third kappa shape index (κ3) is 7.11. The Balaban J connectivity index is 1.98. The highest BCUT2D eigenvalue weighted by Crippen LogP contribution is 2.26. The summed E-state index contributed by atoms with van der Waals surface area (Å²) in [6.07, 6.45) is 0. The molecule has 0 unspecified atom stereocenters. The minimum absolute atomic E-state index is 0.0198. The van der Waals surface area contributed by atoms with Crippen molar-refractivity contribution in [3.63, 3.8) is 0 Å². The molecule has 0 spiro atoms. The average Bonchev–Trinajstić information content (AvgIpc) is 2.91. The van der Waals surface area contributed by atoms with Crippen LogP contribution in [-0.2, 0) is 26.2 Å². The summed E-state index contributed by atoms with van der Waals surface area (Å²) < 4.78 is 34.9. The first-order valence-electron chi connectivity index (χ1n) is 11.7. The van der Waals surface area contributed by atoms with Crippen molar-refractivity contribution in [2.45, 2.75) is 31.3 Å². The Hall–Kier alpha value is -3.37. The van der Waals surface area contributed by atoms with Crippen molar-refractivity contribution >= 4 is 43.5 Å². The van der Waals surface area contributed by atoms with Crippen molar-refractivity contribution in [2.24, 2.45) is 0 Å². The molecule has 3 aromatic rings.